The second-order valence-electron chi connectivity index (χ2n) is 5.26. The molecular weight excluding hydrogens is 320 g/mol. The van der Waals surface area contributed by atoms with E-state index in [0.29, 0.717) is 6.42 Å². The summed E-state index contributed by atoms with van der Waals surface area (Å²) >= 11 is 3.42. The summed E-state index contributed by atoms with van der Waals surface area (Å²) in [4.78, 5) is 12.0. The van der Waals surface area contributed by atoms with E-state index in [4.69, 9.17) is 5.11 Å². The van der Waals surface area contributed by atoms with Gasteiger partial charge in [-0.05, 0) is 44.4 Å². The number of amides is 2. The lowest BCUT2D eigenvalue weighted by atomic mass is 9.95. The SMILES string of the molecule is CCC(C)(CCO)NC(=O)NC(C)c1cccc(Br)c1. The number of carbonyl (C=O) groups is 1. The van der Waals surface area contributed by atoms with Crippen molar-refractivity contribution in [1.82, 2.24) is 10.6 Å². The number of hydrogen-bond acceptors (Lipinski definition) is 2. The van der Waals surface area contributed by atoms with Gasteiger partial charge < -0.3 is 15.7 Å². The summed E-state index contributed by atoms with van der Waals surface area (Å²) in [6.45, 7) is 5.93. The predicted octanol–water partition coefficient (Wildman–Crippen LogP) is 3.36. The zero-order chi connectivity index (χ0) is 15.2. The average molecular weight is 343 g/mol. The molecule has 0 aliphatic carbocycles. The van der Waals surface area contributed by atoms with Crippen molar-refractivity contribution in [3.63, 3.8) is 0 Å². The molecular formula is C15H23BrN2O2. The molecule has 0 spiro atoms. The number of benzene rings is 1. The molecule has 3 N–H and O–H groups in total. The van der Waals surface area contributed by atoms with Crippen molar-refractivity contribution in [2.45, 2.75) is 45.2 Å². The van der Waals surface area contributed by atoms with Crippen LogP contribution in [0.5, 0.6) is 0 Å². The molecule has 0 saturated carbocycles. The number of aliphatic hydroxyl groups excluding tert-OH is 1. The minimum atomic E-state index is -0.379. The molecule has 2 amide bonds. The van der Waals surface area contributed by atoms with E-state index >= 15 is 0 Å². The fourth-order valence-electron chi connectivity index (χ4n) is 1.94. The topological polar surface area (TPSA) is 61.4 Å². The molecule has 2 unspecified atom stereocenters. The Bertz CT molecular complexity index is 453. The summed E-state index contributed by atoms with van der Waals surface area (Å²) < 4.78 is 0.989. The highest BCUT2D eigenvalue weighted by Gasteiger charge is 2.24. The molecule has 0 fully saturated rings. The van der Waals surface area contributed by atoms with Crippen LogP contribution >= 0.6 is 15.9 Å². The van der Waals surface area contributed by atoms with E-state index in [-0.39, 0.29) is 24.2 Å². The molecule has 5 heteroatoms. The number of urea groups is 1. The minimum absolute atomic E-state index is 0.0613. The van der Waals surface area contributed by atoms with Crippen molar-refractivity contribution >= 4 is 22.0 Å². The van der Waals surface area contributed by atoms with Gasteiger partial charge in [-0.3, -0.25) is 0 Å². The number of halogens is 1. The molecule has 1 aromatic rings. The van der Waals surface area contributed by atoms with Crippen molar-refractivity contribution in [1.29, 1.82) is 0 Å². The molecule has 2 atom stereocenters. The first-order valence-corrected chi connectivity index (χ1v) is 7.64. The Morgan fingerprint density at radius 3 is 2.75 bits per heavy atom. The maximum absolute atomic E-state index is 12.0. The van der Waals surface area contributed by atoms with Crippen LogP contribution in [0.2, 0.25) is 0 Å². The first-order chi connectivity index (χ1) is 9.40. The maximum atomic E-state index is 12.0. The average Bonchev–Trinajstić information content (AvgIpc) is 2.38. The number of nitrogens with one attached hydrogen (secondary N) is 2. The fraction of sp³-hybridized carbons (Fsp3) is 0.533. The Hall–Kier alpha value is -1.07. The van der Waals surface area contributed by atoms with E-state index in [9.17, 15) is 4.79 Å². The summed E-state index contributed by atoms with van der Waals surface area (Å²) in [6, 6.07) is 7.56. The monoisotopic (exact) mass is 342 g/mol. The van der Waals surface area contributed by atoms with E-state index in [1.54, 1.807) is 0 Å². The molecule has 4 nitrogen and oxygen atoms in total. The van der Waals surface area contributed by atoms with Crippen molar-refractivity contribution in [3.8, 4) is 0 Å². The molecule has 112 valence electrons. The summed E-state index contributed by atoms with van der Waals surface area (Å²) in [7, 11) is 0. The second-order valence-corrected chi connectivity index (χ2v) is 6.18. The Morgan fingerprint density at radius 2 is 2.20 bits per heavy atom. The highest BCUT2D eigenvalue weighted by atomic mass is 79.9. The van der Waals surface area contributed by atoms with Crippen LogP contribution < -0.4 is 10.6 Å². The van der Waals surface area contributed by atoms with Crippen molar-refractivity contribution in [2.75, 3.05) is 6.61 Å². The molecule has 20 heavy (non-hydrogen) atoms. The maximum Gasteiger partial charge on any atom is 0.315 e. The van der Waals surface area contributed by atoms with Gasteiger partial charge in [0.2, 0.25) is 0 Å². The standard InChI is InChI=1S/C15H23BrN2O2/c1-4-15(3,8-9-19)18-14(20)17-11(2)12-6-5-7-13(16)10-12/h5-7,10-11,19H,4,8-9H2,1-3H3,(H2,17,18,20). The zero-order valence-corrected chi connectivity index (χ0v) is 13.8. The number of carbonyl (C=O) groups excluding carboxylic acids is 1. The third kappa shape index (κ3) is 5.13. The van der Waals surface area contributed by atoms with Crippen LogP contribution in [0.1, 0.15) is 45.2 Å². The smallest absolute Gasteiger partial charge is 0.315 e. The normalized spacial score (nSPS) is 15.2. The zero-order valence-electron chi connectivity index (χ0n) is 12.2. The molecule has 0 heterocycles. The second kappa shape index (κ2) is 7.64. The first-order valence-electron chi connectivity index (χ1n) is 6.85. The lowest BCUT2D eigenvalue weighted by Crippen LogP contribution is -2.50. The van der Waals surface area contributed by atoms with Gasteiger partial charge in [0.1, 0.15) is 0 Å². The van der Waals surface area contributed by atoms with E-state index in [2.05, 4.69) is 26.6 Å². The van der Waals surface area contributed by atoms with Gasteiger partial charge in [0.15, 0.2) is 0 Å². The van der Waals surface area contributed by atoms with Gasteiger partial charge in [-0.1, -0.05) is 35.0 Å². The Morgan fingerprint density at radius 1 is 1.50 bits per heavy atom. The third-order valence-electron chi connectivity index (χ3n) is 3.56. The van der Waals surface area contributed by atoms with Gasteiger partial charge in [0.05, 0.1) is 6.04 Å². The van der Waals surface area contributed by atoms with Crippen LogP contribution in [0.3, 0.4) is 0 Å². The highest BCUT2D eigenvalue weighted by molar-refractivity contribution is 9.10. The fourth-order valence-corrected chi connectivity index (χ4v) is 2.36. The van der Waals surface area contributed by atoms with Crippen molar-refractivity contribution in [3.05, 3.63) is 34.3 Å². The molecule has 0 aliphatic rings. The highest BCUT2D eigenvalue weighted by Crippen LogP contribution is 2.18. The molecule has 0 saturated heterocycles. The van der Waals surface area contributed by atoms with E-state index in [1.807, 2.05) is 45.0 Å². The van der Waals surface area contributed by atoms with Crippen LogP contribution in [-0.4, -0.2) is 23.3 Å². The van der Waals surface area contributed by atoms with Crippen molar-refractivity contribution in [2.24, 2.45) is 0 Å². The summed E-state index contributed by atoms with van der Waals surface area (Å²) in [5.74, 6) is 0. The Balaban J connectivity index is 2.62. The van der Waals surface area contributed by atoms with Gasteiger partial charge in [-0.25, -0.2) is 4.79 Å². The van der Waals surface area contributed by atoms with Gasteiger partial charge in [-0.2, -0.15) is 0 Å². The van der Waals surface area contributed by atoms with Gasteiger partial charge in [0, 0.05) is 16.6 Å². The van der Waals surface area contributed by atoms with Crippen molar-refractivity contribution < 1.29 is 9.90 Å². The molecule has 0 aliphatic heterocycles. The van der Waals surface area contributed by atoms with E-state index in [0.717, 1.165) is 16.5 Å². The number of hydrogen-bond donors (Lipinski definition) is 3. The van der Waals surface area contributed by atoms with Crippen LogP contribution in [0, 0.1) is 0 Å². The quantitative estimate of drug-likeness (QED) is 0.742. The van der Waals surface area contributed by atoms with Gasteiger partial charge in [0.25, 0.3) is 0 Å². The van der Waals surface area contributed by atoms with Crippen LogP contribution in [0.25, 0.3) is 0 Å². The molecule has 0 bridgehead atoms. The lowest BCUT2D eigenvalue weighted by Gasteiger charge is -2.30. The number of aliphatic hydroxyl groups is 1. The third-order valence-corrected chi connectivity index (χ3v) is 4.05. The lowest BCUT2D eigenvalue weighted by molar-refractivity contribution is 0.199. The summed E-state index contributed by atoms with van der Waals surface area (Å²) in [5.41, 5.74) is 0.658. The van der Waals surface area contributed by atoms with Gasteiger partial charge >= 0.3 is 6.03 Å². The summed E-state index contributed by atoms with van der Waals surface area (Å²) in [6.07, 6.45) is 1.31. The Labute approximate surface area is 129 Å². The molecule has 0 aromatic heterocycles. The number of rotatable bonds is 6. The van der Waals surface area contributed by atoms with Crippen LogP contribution in [0.4, 0.5) is 4.79 Å². The minimum Gasteiger partial charge on any atom is -0.396 e. The van der Waals surface area contributed by atoms with Crippen LogP contribution in [0.15, 0.2) is 28.7 Å². The largest absolute Gasteiger partial charge is 0.396 e. The molecule has 0 radical (unpaired) electrons. The summed E-state index contributed by atoms with van der Waals surface area (Å²) in [5, 5.41) is 14.9. The van der Waals surface area contributed by atoms with E-state index < -0.39 is 0 Å². The molecule has 1 rings (SSSR count). The Kier molecular flexibility index (Phi) is 6.49. The van der Waals surface area contributed by atoms with Gasteiger partial charge in [-0.15, -0.1) is 0 Å². The predicted molar refractivity (Wildman–Crippen MR) is 84.6 cm³/mol. The molecule has 1 aromatic carbocycles. The van der Waals surface area contributed by atoms with E-state index in [1.165, 1.54) is 0 Å². The van der Waals surface area contributed by atoms with Crippen LogP contribution in [-0.2, 0) is 0 Å². The first kappa shape index (κ1) is 17.0.